The fourth-order valence-corrected chi connectivity index (χ4v) is 4.39. The summed E-state index contributed by atoms with van der Waals surface area (Å²) in [5.74, 6) is -0.0535. The van der Waals surface area contributed by atoms with Gasteiger partial charge in [0.15, 0.2) is 18.1 Å². The number of H-pyrrole nitrogens is 1. The summed E-state index contributed by atoms with van der Waals surface area (Å²) in [5.41, 5.74) is 3.30. The highest BCUT2D eigenvalue weighted by Crippen LogP contribution is 2.35. The van der Waals surface area contributed by atoms with Crippen molar-refractivity contribution in [2.75, 3.05) is 25.1 Å². The van der Waals surface area contributed by atoms with Crippen molar-refractivity contribution in [3.05, 3.63) is 94.1 Å². The summed E-state index contributed by atoms with van der Waals surface area (Å²) < 4.78 is 12.0. The standard InChI is InChI=1S/C30H27BrN4O4/c1-2-38-27-15-21(25(31)16-28(27)39-19-29(36)35-23-8-4-3-5-9-23)14-22(17-32)30(37)33-13-12-20-18-34-26-11-7-6-10-24(20)26/h3-11,14-16,18,34H,2,12-13,19H2,1H3,(H,33,37)(H,35,36)/b22-14-. The fraction of sp³-hybridized carbons (Fsp3) is 0.167. The second-order valence-electron chi connectivity index (χ2n) is 8.49. The summed E-state index contributed by atoms with van der Waals surface area (Å²) >= 11 is 3.48. The van der Waals surface area contributed by atoms with Crippen LogP contribution in [-0.2, 0) is 16.0 Å². The number of hydrogen-bond donors (Lipinski definition) is 3. The van der Waals surface area contributed by atoms with Crippen molar-refractivity contribution >= 4 is 50.4 Å². The van der Waals surface area contributed by atoms with Crippen molar-refractivity contribution in [2.45, 2.75) is 13.3 Å². The van der Waals surface area contributed by atoms with Crippen LogP contribution in [0.1, 0.15) is 18.1 Å². The van der Waals surface area contributed by atoms with Crippen LogP contribution < -0.4 is 20.1 Å². The molecule has 8 nitrogen and oxygen atoms in total. The van der Waals surface area contributed by atoms with Crippen LogP contribution in [0.4, 0.5) is 5.69 Å². The van der Waals surface area contributed by atoms with E-state index < -0.39 is 5.91 Å². The fourth-order valence-electron chi connectivity index (χ4n) is 3.95. The Hall–Kier alpha value is -4.55. The Labute approximate surface area is 234 Å². The van der Waals surface area contributed by atoms with Crippen LogP contribution in [0.2, 0.25) is 0 Å². The van der Waals surface area contributed by atoms with E-state index in [9.17, 15) is 14.9 Å². The molecule has 9 heteroatoms. The number of anilines is 1. The van der Waals surface area contributed by atoms with Crippen LogP contribution in [0.15, 0.2) is 83.0 Å². The van der Waals surface area contributed by atoms with Gasteiger partial charge >= 0.3 is 0 Å². The number of aromatic nitrogens is 1. The van der Waals surface area contributed by atoms with E-state index in [4.69, 9.17) is 9.47 Å². The number of aromatic amines is 1. The number of nitrogens with one attached hydrogen (secondary N) is 3. The predicted octanol–water partition coefficient (Wildman–Crippen LogP) is 5.61. The molecule has 3 aromatic carbocycles. The van der Waals surface area contributed by atoms with Gasteiger partial charge in [-0.3, -0.25) is 9.59 Å². The van der Waals surface area contributed by atoms with Gasteiger partial charge in [0.1, 0.15) is 11.6 Å². The first-order valence-electron chi connectivity index (χ1n) is 12.4. The monoisotopic (exact) mass is 586 g/mol. The lowest BCUT2D eigenvalue weighted by atomic mass is 10.1. The number of carbonyl (C=O) groups is 2. The molecule has 0 saturated heterocycles. The molecule has 0 atom stereocenters. The summed E-state index contributed by atoms with van der Waals surface area (Å²) in [6.07, 6.45) is 4.04. The number of halogens is 1. The van der Waals surface area contributed by atoms with Gasteiger partial charge in [-0.2, -0.15) is 5.26 Å². The summed E-state index contributed by atoms with van der Waals surface area (Å²) in [5, 5.41) is 16.4. The van der Waals surface area contributed by atoms with Crippen molar-refractivity contribution < 1.29 is 19.1 Å². The minimum atomic E-state index is -0.472. The second-order valence-corrected chi connectivity index (χ2v) is 9.35. The first-order chi connectivity index (χ1) is 19.0. The zero-order valence-corrected chi connectivity index (χ0v) is 22.9. The molecule has 39 heavy (non-hydrogen) atoms. The average molecular weight is 587 g/mol. The lowest BCUT2D eigenvalue weighted by Gasteiger charge is -2.14. The van der Waals surface area contributed by atoms with Gasteiger partial charge in [0.05, 0.1) is 6.61 Å². The van der Waals surface area contributed by atoms with Crippen LogP contribution in [0.25, 0.3) is 17.0 Å². The molecule has 0 bridgehead atoms. The molecular formula is C30H27BrN4O4. The second kappa shape index (κ2) is 13.3. The number of rotatable bonds is 11. The number of benzene rings is 3. The Bertz CT molecular complexity index is 1540. The molecule has 0 spiro atoms. The van der Waals surface area contributed by atoms with Crippen molar-refractivity contribution in [1.82, 2.24) is 10.3 Å². The molecule has 3 N–H and O–H groups in total. The lowest BCUT2D eigenvalue weighted by molar-refractivity contribution is -0.118. The topological polar surface area (TPSA) is 116 Å². The summed E-state index contributed by atoms with van der Waals surface area (Å²) in [6, 6.07) is 22.3. The zero-order chi connectivity index (χ0) is 27.6. The molecule has 2 amide bonds. The number of nitriles is 1. The molecule has 0 aliphatic carbocycles. The van der Waals surface area contributed by atoms with E-state index in [0.29, 0.717) is 46.8 Å². The molecule has 0 aliphatic rings. The van der Waals surface area contributed by atoms with Gasteiger partial charge in [-0.05, 0) is 60.9 Å². The quantitative estimate of drug-likeness (QED) is 0.156. The molecule has 0 saturated carbocycles. The van der Waals surface area contributed by atoms with E-state index in [1.54, 1.807) is 24.3 Å². The Morgan fingerprint density at radius 3 is 2.56 bits per heavy atom. The van der Waals surface area contributed by atoms with Gasteiger partial charge in [0, 0.05) is 33.8 Å². The number of fused-ring (bicyclic) bond motifs is 1. The van der Waals surface area contributed by atoms with E-state index in [1.165, 1.54) is 6.08 Å². The van der Waals surface area contributed by atoms with Crippen molar-refractivity contribution in [2.24, 2.45) is 0 Å². The van der Waals surface area contributed by atoms with E-state index >= 15 is 0 Å². The highest BCUT2D eigenvalue weighted by Gasteiger charge is 2.15. The largest absolute Gasteiger partial charge is 0.490 e. The number of nitrogens with zero attached hydrogens (tertiary/aromatic N) is 1. The van der Waals surface area contributed by atoms with Gasteiger partial charge < -0.3 is 25.1 Å². The van der Waals surface area contributed by atoms with Crippen LogP contribution in [-0.4, -0.2) is 36.6 Å². The zero-order valence-electron chi connectivity index (χ0n) is 21.3. The molecule has 1 heterocycles. The third-order valence-corrected chi connectivity index (χ3v) is 6.49. The maximum atomic E-state index is 12.8. The number of amides is 2. The normalized spacial score (nSPS) is 11.1. The van der Waals surface area contributed by atoms with E-state index in [2.05, 4.69) is 31.5 Å². The summed E-state index contributed by atoms with van der Waals surface area (Å²) in [4.78, 5) is 28.3. The summed E-state index contributed by atoms with van der Waals surface area (Å²) in [6.45, 7) is 2.34. The lowest BCUT2D eigenvalue weighted by Crippen LogP contribution is -2.26. The third kappa shape index (κ3) is 7.27. The maximum Gasteiger partial charge on any atom is 0.262 e. The van der Waals surface area contributed by atoms with Crippen LogP contribution in [0.5, 0.6) is 11.5 Å². The van der Waals surface area contributed by atoms with E-state index in [1.807, 2.05) is 61.7 Å². The van der Waals surface area contributed by atoms with Crippen LogP contribution in [0, 0.1) is 11.3 Å². The van der Waals surface area contributed by atoms with Crippen molar-refractivity contribution in [3.63, 3.8) is 0 Å². The minimum absolute atomic E-state index is 0.0482. The molecule has 198 valence electrons. The van der Waals surface area contributed by atoms with Gasteiger partial charge in [-0.15, -0.1) is 0 Å². The van der Waals surface area contributed by atoms with Crippen LogP contribution >= 0.6 is 15.9 Å². The highest BCUT2D eigenvalue weighted by molar-refractivity contribution is 9.10. The average Bonchev–Trinajstić information content (AvgIpc) is 3.36. The summed E-state index contributed by atoms with van der Waals surface area (Å²) in [7, 11) is 0. The maximum absolute atomic E-state index is 12.8. The van der Waals surface area contributed by atoms with Crippen molar-refractivity contribution in [1.29, 1.82) is 5.26 Å². The van der Waals surface area contributed by atoms with Gasteiger partial charge in [0.2, 0.25) is 0 Å². The Kier molecular flexibility index (Phi) is 9.38. The number of hydrogen-bond acceptors (Lipinski definition) is 5. The molecule has 0 aliphatic heterocycles. The predicted molar refractivity (Wildman–Crippen MR) is 154 cm³/mol. The molecule has 4 aromatic rings. The number of carbonyl (C=O) groups excluding carboxylic acids is 2. The van der Waals surface area contributed by atoms with E-state index in [-0.39, 0.29) is 18.1 Å². The van der Waals surface area contributed by atoms with Gasteiger partial charge in [-0.25, -0.2) is 0 Å². The smallest absolute Gasteiger partial charge is 0.262 e. The molecular weight excluding hydrogens is 560 g/mol. The first-order valence-corrected chi connectivity index (χ1v) is 13.2. The minimum Gasteiger partial charge on any atom is -0.490 e. The molecule has 0 radical (unpaired) electrons. The Balaban J connectivity index is 1.42. The van der Waals surface area contributed by atoms with Gasteiger partial charge in [0.25, 0.3) is 11.8 Å². The van der Waals surface area contributed by atoms with Crippen LogP contribution in [0.3, 0.4) is 0 Å². The molecule has 1 aromatic heterocycles. The van der Waals surface area contributed by atoms with Crippen molar-refractivity contribution in [3.8, 4) is 17.6 Å². The molecule has 0 unspecified atom stereocenters. The Morgan fingerprint density at radius 1 is 1.05 bits per heavy atom. The first kappa shape index (κ1) is 27.5. The number of para-hydroxylation sites is 2. The SMILES string of the molecule is CCOc1cc(/C=C(/C#N)C(=O)NCCc2c[nH]c3ccccc23)c(Br)cc1OCC(=O)Nc1ccccc1. The highest BCUT2D eigenvalue weighted by atomic mass is 79.9. The van der Waals surface area contributed by atoms with Gasteiger partial charge in [-0.1, -0.05) is 52.3 Å². The Morgan fingerprint density at radius 2 is 1.79 bits per heavy atom. The van der Waals surface area contributed by atoms with E-state index in [0.717, 1.165) is 16.5 Å². The number of ether oxygens (including phenoxy) is 2. The molecule has 4 rings (SSSR count). The molecule has 0 fully saturated rings. The third-order valence-electron chi connectivity index (χ3n) is 5.80.